The van der Waals surface area contributed by atoms with Crippen molar-refractivity contribution in [1.29, 1.82) is 0 Å². The van der Waals surface area contributed by atoms with Crippen molar-refractivity contribution in [3.05, 3.63) is 17.8 Å². The molecule has 1 saturated heterocycles. The summed E-state index contributed by atoms with van der Waals surface area (Å²) in [5.74, 6) is 1.45. The second kappa shape index (κ2) is 6.20. The van der Waals surface area contributed by atoms with Gasteiger partial charge in [-0.1, -0.05) is 13.3 Å². The molecule has 0 aliphatic carbocycles. The van der Waals surface area contributed by atoms with Crippen LogP contribution < -0.4 is 4.90 Å². The molecule has 0 saturated carbocycles. The largest absolute Gasteiger partial charge is 0.352 e. The monoisotopic (exact) mass is 253 g/mol. The Hall–Kier alpha value is -0.830. The Kier molecular flexibility index (Phi) is 4.60. The first-order valence-electron chi connectivity index (χ1n) is 6.50. The fourth-order valence-corrected chi connectivity index (χ4v) is 2.66. The number of aromatic nitrogens is 2. The van der Waals surface area contributed by atoms with Crippen LogP contribution in [0.4, 0.5) is 5.82 Å². The molecule has 3 nitrogen and oxygen atoms in total. The minimum absolute atomic E-state index is 0.436. The summed E-state index contributed by atoms with van der Waals surface area (Å²) in [6.45, 7) is 3.36. The third kappa shape index (κ3) is 3.09. The average Bonchev–Trinajstić information content (AvgIpc) is 2.40. The molecule has 0 bridgehead atoms. The number of hydrogen-bond donors (Lipinski definition) is 0. The first-order chi connectivity index (χ1) is 8.35. The van der Waals surface area contributed by atoms with E-state index in [1.165, 1.54) is 32.1 Å². The molecule has 1 fully saturated rings. The molecule has 1 aliphatic rings. The van der Waals surface area contributed by atoms with Crippen LogP contribution >= 0.6 is 11.6 Å². The second-order valence-corrected chi connectivity index (χ2v) is 4.92. The molecule has 2 heterocycles. The SMILES string of the molecule is CCCC1CCCCN1c1ccc(CCl)nn1. The van der Waals surface area contributed by atoms with Crippen molar-refractivity contribution in [3.8, 4) is 0 Å². The van der Waals surface area contributed by atoms with E-state index >= 15 is 0 Å². The van der Waals surface area contributed by atoms with Crippen LogP contribution in [0.25, 0.3) is 0 Å². The molecule has 0 amide bonds. The summed E-state index contributed by atoms with van der Waals surface area (Å²) in [5.41, 5.74) is 0.847. The number of hydrogen-bond acceptors (Lipinski definition) is 3. The average molecular weight is 254 g/mol. The molecule has 4 heteroatoms. The van der Waals surface area contributed by atoms with Crippen LogP contribution in [0.5, 0.6) is 0 Å². The van der Waals surface area contributed by atoms with E-state index in [0.717, 1.165) is 18.1 Å². The smallest absolute Gasteiger partial charge is 0.151 e. The Bertz CT molecular complexity index is 337. The minimum Gasteiger partial charge on any atom is -0.352 e. The number of halogens is 1. The van der Waals surface area contributed by atoms with E-state index in [0.29, 0.717) is 11.9 Å². The zero-order valence-electron chi connectivity index (χ0n) is 10.4. The summed E-state index contributed by atoms with van der Waals surface area (Å²) in [4.78, 5) is 2.41. The van der Waals surface area contributed by atoms with Crippen LogP contribution in [0.15, 0.2) is 12.1 Å². The van der Waals surface area contributed by atoms with Crippen LogP contribution in [0, 0.1) is 0 Å². The lowest BCUT2D eigenvalue weighted by Gasteiger charge is -2.36. The fraction of sp³-hybridized carbons (Fsp3) is 0.692. The topological polar surface area (TPSA) is 29.0 Å². The molecule has 2 rings (SSSR count). The Morgan fingerprint density at radius 3 is 2.88 bits per heavy atom. The van der Waals surface area contributed by atoms with Crippen molar-refractivity contribution >= 4 is 17.4 Å². The van der Waals surface area contributed by atoms with Crippen molar-refractivity contribution < 1.29 is 0 Å². The molecule has 94 valence electrons. The van der Waals surface area contributed by atoms with Gasteiger partial charge in [0.25, 0.3) is 0 Å². The molecule has 1 aliphatic heterocycles. The number of rotatable bonds is 4. The van der Waals surface area contributed by atoms with Gasteiger partial charge in [-0.2, -0.15) is 5.10 Å². The predicted octanol–water partition coefficient (Wildman–Crippen LogP) is 3.37. The van der Waals surface area contributed by atoms with Gasteiger partial charge in [-0.15, -0.1) is 16.7 Å². The molecule has 0 spiro atoms. The Labute approximate surface area is 108 Å². The lowest BCUT2D eigenvalue weighted by Crippen LogP contribution is -2.40. The van der Waals surface area contributed by atoms with Crippen molar-refractivity contribution in [1.82, 2.24) is 10.2 Å². The third-order valence-electron chi connectivity index (χ3n) is 3.39. The molecule has 0 radical (unpaired) electrons. The summed E-state index contributed by atoms with van der Waals surface area (Å²) in [6, 6.07) is 4.68. The van der Waals surface area contributed by atoms with Crippen LogP contribution in [0.1, 0.15) is 44.7 Å². The van der Waals surface area contributed by atoms with Crippen LogP contribution in [-0.4, -0.2) is 22.8 Å². The van der Waals surface area contributed by atoms with E-state index in [1.54, 1.807) is 0 Å². The molecule has 1 aromatic rings. The first-order valence-corrected chi connectivity index (χ1v) is 7.03. The Balaban J connectivity index is 2.11. The maximum Gasteiger partial charge on any atom is 0.151 e. The molecule has 0 aromatic carbocycles. The zero-order chi connectivity index (χ0) is 12.1. The third-order valence-corrected chi connectivity index (χ3v) is 3.66. The zero-order valence-corrected chi connectivity index (χ0v) is 11.2. The normalized spacial score (nSPS) is 20.6. The second-order valence-electron chi connectivity index (χ2n) is 4.65. The van der Waals surface area contributed by atoms with Gasteiger partial charge in [-0.25, -0.2) is 0 Å². The highest BCUT2D eigenvalue weighted by Gasteiger charge is 2.22. The molecule has 1 atom stereocenters. The van der Waals surface area contributed by atoms with E-state index < -0.39 is 0 Å². The Morgan fingerprint density at radius 1 is 1.35 bits per heavy atom. The van der Waals surface area contributed by atoms with Gasteiger partial charge < -0.3 is 4.90 Å². The predicted molar refractivity (Wildman–Crippen MR) is 71.5 cm³/mol. The summed E-state index contributed by atoms with van der Waals surface area (Å²) in [7, 11) is 0. The van der Waals surface area contributed by atoms with E-state index in [9.17, 15) is 0 Å². The van der Waals surface area contributed by atoms with Crippen molar-refractivity contribution in [2.45, 2.75) is 50.9 Å². The van der Waals surface area contributed by atoms with E-state index in [1.807, 2.05) is 6.07 Å². The first kappa shape index (κ1) is 12.6. The van der Waals surface area contributed by atoms with Gasteiger partial charge in [-0.3, -0.25) is 0 Å². The molecular formula is C13H20ClN3. The summed E-state index contributed by atoms with van der Waals surface area (Å²) >= 11 is 5.73. The van der Waals surface area contributed by atoms with Gasteiger partial charge in [-0.05, 0) is 37.8 Å². The summed E-state index contributed by atoms with van der Waals surface area (Å²) in [6.07, 6.45) is 6.37. The summed E-state index contributed by atoms with van der Waals surface area (Å²) < 4.78 is 0. The highest BCUT2D eigenvalue weighted by atomic mass is 35.5. The van der Waals surface area contributed by atoms with Crippen LogP contribution in [-0.2, 0) is 5.88 Å². The van der Waals surface area contributed by atoms with Gasteiger partial charge in [0.15, 0.2) is 5.82 Å². The van der Waals surface area contributed by atoms with E-state index in [4.69, 9.17) is 11.6 Å². The van der Waals surface area contributed by atoms with Crippen molar-refractivity contribution in [2.24, 2.45) is 0 Å². The maximum absolute atomic E-state index is 5.73. The molecule has 1 aromatic heterocycles. The standard InChI is InChI=1S/C13H20ClN3/c1-2-5-12-6-3-4-9-17(12)13-8-7-11(10-14)15-16-13/h7-8,12H,2-6,9-10H2,1H3. The lowest BCUT2D eigenvalue weighted by molar-refractivity contribution is 0.430. The Morgan fingerprint density at radius 2 is 2.24 bits per heavy atom. The fourth-order valence-electron chi connectivity index (χ4n) is 2.51. The van der Waals surface area contributed by atoms with Gasteiger partial charge >= 0.3 is 0 Å². The molecule has 0 N–H and O–H groups in total. The summed E-state index contributed by atoms with van der Waals surface area (Å²) in [5, 5.41) is 8.44. The number of alkyl halides is 1. The number of nitrogens with zero attached hydrogens (tertiary/aromatic N) is 3. The lowest BCUT2D eigenvalue weighted by atomic mass is 9.98. The molecule has 1 unspecified atom stereocenters. The molecular weight excluding hydrogens is 234 g/mol. The van der Waals surface area contributed by atoms with Crippen LogP contribution in [0.2, 0.25) is 0 Å². The minimum atomic E-state index is 0.436. The highest BCUT2D eigenvalue weighted by molar-refractivity contribution is 6.16. The van der Waals surface area contributed by atoms with Gasteiger partial charge in [0.05, 0.1) is 11.6 Å². The van der Waals surface area contributed by atoms with Crippen molar-refractivity contribution in [3.63, 3.8) is 0 Å². The van der Waals surface area contributed by atoms with E-state index in [-0.39, 0.29) is 0 Å². The quantitative estimate of drug-likeness (QED) is 0.771. The highest BCUT2D eigenvalue weighted by Crippen LogP contribution is 2.25. The number of piperidine rings is 1. The molecule has 17 heavy (non-hydrogen) atoms. The number of anilines is 1. The van der Waals surface area contributed by atoms with E-state index in [2.05, 4.69) is 28.1 Å². The van der Waals surface area contributed by atoms with Gasteiger partial charge in [0.1, 0.15) is 0 Å². The van der Waals surface area contributed by atoms with Crippen molar-refractivity contribution in [2.75, 3.05) is 11.4 Å². The van der Waals surface area contributed by atoms with Gasteiger partial charge in [0, 0.05) is 12.6 Å². The van der Waals surface area contributed by atoms with Gasteiger partial charge in [0.2, 0.25) is 0 Å². The van der Waals surface area contributed by atoms with Crippen LogP contribution in [0.3, 0.4) is 0 Å². The maximum atomic E-state index is 5.73.